The maximum absolute atomic E-state index is 13.6. The minimum Gasteiger partial charge on any atom is -0.444 e. The summed E-state index contributed by atoms with van der Waals surface area (Å²) in [4.78, 5) is 32.2. The Balaban J connectivity index is 1.39. The molecule has 2 unspecified atom stereocenters. The molecular formula is C27H27N5O3S. The highest BCUT2D eigenvalue weighted by Crippen LogP contribution is 2.36. The standard InChI is InChI=1S/C27H27N5O3S/c1-27(2,3)35-26(34)32-14-12-21(17-7-5-4-6-8-17)22(32)23(33)29-25-31-30-24(36-25)19-9-10-20-16-28-13-11-18(20)15-19/h4-11,13,15-16,21-22H,12,14H2,1-3H3,(H,29,31,33). The molecule has 0 bridgehead atoms. The zero-order valence-electron chi connectivity index (χ0n) is 20.3. The summed E-state index contributed by atoms with van der Waals surface area (Å²) in [5.41, 5.74) is 1.25. The summed E-state index contributed by atoms with van der Waals surface area (Å²) >= 11 is 1.29. The number of anilines is 1. The number of aromatic nitrogens is 3. The number of likely N-dealkylation sites (tertiary alicyclic amines) is 1. The summed E-state index contributed by atoms with van der Waals surface area (Å²) < 4.78 is 5.61. The molecule has 1 saturated heterocycles. The molecule has 1 N–H and O–H groups in total. The van der Waals surface area contributed by atoms with Crippen LogP contribution in [0, 0.1) is 0 Å². The van der Waals surface area contributed by atoms with Crippen molar-refractivity contribution >= 4 is 39.2 Å². The first-order valence-corrected chi connectivity index (χ1v) is 12.6. The van der Waals surface area contributed by atoms with Gasteiger partial charge < -0.3 is 4.74 Å². The smallest absolute Gasteiger partial charge is 0.410 e. The van der Waals surface area contributed by atoms with Crippen LogP contribution in [-0.4, -0.2) is 50.3 Å². The summed E-state index contributed by atoms with van der Waals surface area (Å²) in [5.74, 6) is -0.459. The van der Waals surface area contributed by atoms with Crippen molar-refractivity contribution in [3.63, 3.8) is 0 Å². The number of nitrogens with zero attached hydrogens (tertiary/aromatic N) is 4. The first-order valence-electron chi connectivity index (χ1n) is 11.8. The third kappa shape index (κ3) is 5.06. The number of hydrogen-bond donors (Lipinski definition) is 1. The second-order valence-corrected chi connectivity index (χ2v) is 10.7. The van der Waals surface area contributed by atoms with Crippen molar-refractivity contribution in [2.45, 2.75) is 44.8 Å². The number of carbonyl (C=O) groups is 2. The van der Waals surface area contributed by atoms with Gasteiger partial charge in [0.05, 0.1) is 0 Å². The Labute approximate surface area is 213 Å². The van der Waals surface area contributed by atoms with Crippen LogP contribution >= 0.6 is 11.3 Å². The summed E-state index contributed by atoms with van der Waals surface area (Å²) in [6, 6.07) is 17.0. The van der Waals surface area contributed by atoms with Gasteiger partial charge in [-0.25, -0.2) is 4.79 Å². The molecule has 5 rings (SSSR count). The predicted molar refractivity (Wildman–Crippen MR) is 140 cm³/mol. The number of rotatable bonds is 4. The normalized spacial score (nSPS) is 17.8. The largest absolute Gasteiger partial charge is 0.444 e. The zero-order valence-corrected chi connectivity index (χ0v) is 21.2. The monoisotopic (exact) mass is 501 g/mol. The Morgan fingerprint density at radius 1 is 1.06 bits per heavy atom. The minimum atomic E-state index is -0.720. The van der Waals surface area contributed by atoms with Gasteiger partial charge in [0, 0.05) is 35.8 Å². The minimum absolute atomic E-state index is 0.153. The zero-order chi connectivity index (χ0) is 25.3. The van der Waals surface area contributed by atoms with E-state index in [0.29, 0.717) is 23.1 Å². The molecule has 0 radical (unpaired) electrons. The van der Waals surface area contributed by atoms with Crippen molar-refractivity contribution in [2.75, 3.05) is 11.9 Å². The Kier molecular flexibility index (Phi) is 6.40. The average molecular weight is 502 g/mol. The number of pyridine rings is 1. The Hall–Kier alpha value is -3.85. The number of carbonyl (C=O) groups excluding carboxylic acids is 2. The molecule has 184 valence electrons. The van der Waals surface area contributed by atoms with Gasteiger partial charge in [0.15, 0.2) is 0 Å². The molecular weight excluding hydrogens is 474 g/mol. The molecule has 0 saturated carbocycles. The van der Waals surface area contributed by atoms with Crippen LogP contribution in [0.2, 0.25) is 0 Å². The van der Waals surface area contributed by atoms with Crippen molar-refractivity contribution in [2.24, 2.45) is 0 Å². The van der Waals surface area contributed by atoms with Crippen molar-refractivity contribution in [3.8, 4) is 10.6 Å². The number of amides is 2. The van der Waals surface area contributed by atoms with Crippen LogP contribution < -0.4 is 5.32 Å². The fourth-order valence-electron chi connectivity index (χ4n) is 4.48. The molecule has 0 spiro atoms. The predicted octanol–water partition coefficient (Wildman–Crippen LogP) is 5.49. The van der Waals surface area contributed by atoms with Crippen molar-refractivity contribution < 1.29 is 14.3 Å². The topological polar surface area (TPSA) is 97.3 Å². The maximum atomic E-state index is 13.6. The molecule has 36 heavy (non-hydrogen) atoms. The fourth-order valence-corrected chi connectivity index (χ4v) is 5.22. The van der Waals surface area contributed by atoms with E-state index in [4.69, 9.17) is 4.74 Å². The molecule has 9 heteroatoms. The number of benzene rings is 2. The van der Waals surface area contributed by atoms with Crippen LogP contribution in [0.1, 0.15) is 38.7 Å². The Morgan fingerprint density at radius 2 is 1.86 bits per heavy atom. The van der Waals surface area contributed by atoms with Crippen LogP contribution in [-0.2, 0) is 9.53 Å². The van der Waals surface area contributed by atoms with Crippen molar-refractivity contribution in [3.05, 3.63) is 72.6 Å². The van der Waals surface area contributed by atoms with E-state index in [0.717, 1.165) is 21.9 Å². The summed E-state index contributed by atoms with van der Waals surface area (Å²) in [7, 11) is 0. The molecule has 3 heterocycles. The molecule has 1 aliphatic heterocycles. The lowest BCUT2D eigenvalue weighted by Crippen LogP contribution is -2.47. The van der Waals surface area contributed by atoms with E-state index in [1.807, 2.05) is 81.6 Å². The molecule has 2 amide bonds. The first-order chi connectivity index (χ1) is 17.3. The molecule has 2 atom stereocenters. The van der Waals surface area contributed by atoms with Crippen molar-refractivity contribution in [1.82, 2.24) is 20.1 Å². The third-order valence-electron chi connectivity index (χ3n) is 6.06. The maximum Gasteiger partial charge on any atom is 0.410 e. The molecule has 1 aliphatic rings. The van der Waals surface area contributed by atoms with Gasteiger partial charge in [-0.05, 0) is 50.3 Å². The van der Waals surface area contributed by atoms with Gasteiger partial charge in [-0.2, -0.15) is 0 Å². The first kappa shape index (κ1) is 23.9. The van der Waals surface area contributed by atoms with E-state index in [1.54, 1.807) is 6.20 Å². The van der Waals surface area contributed by atoms with E-state index >= 15 is 0 Å². The summed E-state index contributed by atoms with van der Waals surface area (Å²) in [5, 5.41) is 14.6. The lowest BCUT2D eigenvalue weighted by atomic mass is 9.91. The SMILES string of the molecule is CC(C)(C)OC(=O)N1CCC(c2ccccc2)C1C(=O)Nc1nnc(-c2ccc3cnccc3c2)s1. The summed E-state index contributed by atoms with van der Waals surface area (Å²) in [6.07, 6.45) is 3.73. The molecule has 2 aromatic carbocycles. The van der Waals surface area contributed by atoms with E-state index in [2.05, 4.69) is 20.5 Å². The average Bonchev–Trinajstić information content (AvgIpc) is 3.51. The molecule has 4 aromatic rings. The van der Waals surface area contributed by atoms with Gasteiger partial charge in [-0.1, -0.05) is 53.8 Å². The summed E-state index contributed by atoms with van der Waals surface area (Å²) in [6.45, 7) is 5.88. The van der Waals surface area contributed by atoms with Gasteiger partial charge in [0.25, 0.3) is 0 Å². The molecule has 8 nitrogen and oxygen atoms in total. The molecule has 2 aromatic heterocycles. The van der Waals surface area contributed by atoms with Gasteiger partial charge in [-0.15, -0.1) is 10.2 Å². The number of nitrogens with one attached hydrogen (secondary N) is 1. The highest BCUT2D eigenvalue weighted by molar-refractivity contribution is 7.18. The van der Waals surface area contributed by atoms with Crippen LogP contribution in [0.25, 0.3) is 21.3 Å². The number of hydrogen-bond acceptors (Lipinski definition) is 7. The van der Waals surface area contributed by atoms with E-state index < -0.39 is 17.7 Å². The van der Waals surface area contributed by atoms with E-state index in [-0.39, 0.29) is 11.8 Å². The van der Waals surface area contributed by atoms with Crippen molar-refractivity contribution in [1.29, 1.82) is 0 Å². The second kappa shape index (κ2) is 9.66. The highest BCUT2D eigenvalue weighted by atomic mass is 32.1. The Bertz CT molecular complexity index is 1400. The quantitative estimate of drug-likeness (QED) is 0.397. The lowest BCUT2D eigenvalue weighted by molar-refractivity contribution is -0.120. The van der Waals surface area contributed by atoms with Crippen LogP contribution in [0.4, 0.5) is 9.93 Å². The second-order valence-electron chi connectivity index (χ2n) is 9.76. The van der Waals surface area contributed by atoms with Crippen LogP contribution in [0.15, 0.2) is 67.0 Å². The number of ether oxygens (including phenoxy) is 1. The van der Waals surface area contributed by atoms with E-state index in [9.17, 15) is 9.59 Å². The lowest BCUT2D eigenvalue weighted by Gasteiger charge is -2.29. The fraction of sp³-hybridized carbons (Fsp3) is 0.296. The van der Waals surface area contributed by atoms with E-state index in [1.165, 1.54) is 16.2 Å². The van der Waals surface area contributed by atoms with Crippen LogP contribution in [0.3, 0.4) is 0 Å². The van der Waals surface area contributed by atoms with Gasteiger partial charge >= 0.3 is 6.09 Å². The highest BCUT2D eigenvalue weighted by Gasteiger charge is 2.44. The van der Waals surface area contributed by atoms with Gasteiger partial charge in [0.2, 0.25) is 11.0 Å². The molecule has 1 fully saturated rings. The molecule has 0 aliphatic carbocycles. The van der Waals surface area contributed by atoms with Gasteiger partial charge in [0.1, 0.15) is 16.7 Å². The number of fused-ring (bicyclic) bond motifs is 1. The third-order valence-corrected chi connectivity index (χ3v) is 6.95. The Morgan fingerprint density at radius 3 is 2.64 bits per heavy atom. The van der Waals surface area contributed by atoms with Crippen LogP contribution in [0.5, 0.6) is 0 Å². The van der Waals surface area contributed by atoms with Gasteiger partial charge in [-0.3, -0.25) is 20.0 Å².